The first-order valence-corrected chi connectivity index (χ1v) is 7.70. The quantitative estimate of drug-likeness (QED) is 0.880. The molecule has 5 nitrogen and oxygen atoms in total. The third-order valence-corrected chi connectivity index (χ3v) is 5.13. The van der Waals surface area contributed by atoms with Gasteiger partial charge in [-0.3, -0.25) is 0 Å². The molecule has 0 spiro atoms. The van der Waals surface area contributed by atoms with Crippen molar-refractivity contribution in [2.45, 2.75) is 29.9 Å². The summed E-state index contributed by atoms with van der Waals surface area (Å²) in [5.74, 6) is 0. The molecule has 1 aliphatic rings. The van der Waals surface area contributed by atoms with Gasteiger partial charge in [-0.1, -0.05) is 18.2 Å². The number of nitrogens with one attached hydrogen (secondary N) is 1. The maximum atomic E-state index is 12.4. The third-order valence-electron chi connectivity index (χ3n) is 3.58. The van der Waals surface area contributed by atoms with Crippen molar-refractivity contribution in [3.05, 3.63) is 30.5 Å². The van der Waals surface area contributed by atoms with Gasteiger partial charge in [0, 0.05) is 30.2 Å². The smallest absolute Gasteiger partial charge is 0.242 e. The van der Waals surface area contributed by atoms with Crippen LogP contribution < -0.4 is 4.72 Å². The predicted molar refractivity (Wildman–Crippen MR) is 72.3 cm³/mol. The molecule has 102 valence electrons. The minimum absolute atomic E-state index is 0.154. The number of fused-ring (bicyclic) bond motifs is 1. The number of aliphatic hydroxyl groups is 1. The Morgan fingerprint density at radius 3 is 2.68 bits per heavy atom. The monoisotopic (exact) mass is 280 g/mol. The average Bonchev–Trinajstić information content (AvgIpc) is 2.66. The average molecular weight is 280 g/mol. The molecule has 0 saturated heterocycles. The number of nitrogens with zero attached hydrogens (tertiary/aromatic N) is 1. The highest BCUT2D eigenvalue weighted by molar-refractivity contribution is 7.89. The van der Waals surface area contributed by atoms with Gasteiger partial charge < -0.3 is 9.67 Å². The topological polar surface area (TPSA) is 71.3 Å². The molecular weight excluding hydrogens is 264 g/mol. The van der Waals surface area contributed by atoms with Crippen LogP contribution in [0.2, 0.25) is 0 Å². The molecule has 1 fully saturated rings. The Hall–Kier alpha value is -1.37. The van der Waals surface area contributed by atoms with Gasteiger partial charge in [-0.2, -0.15) is 0 Å². The number of aromatic nitrogens is 1. The molecule has 1 aliphatic carbocycles. The Morgan fingerprint density at radius 1 is 1.32 bits per heavy atom. The molecule has 1 heterocycles. The summed E-state index contributed by atoms with van der Waals surface area (Å²) in [5.41, 5.74) is 0.886. The Labute approximate surface area is 111 Å². The molecule has 0 aliphatic heterocycles. The normalized spacial score (nSPS) is 23.5. The van der Waals surface area contributed by atoms with Gasteiger partial charge >= 0.3 is 0 Å². The highest BCUT2D eigenvalue weighted by atomic mass is 32.2. The molecular formula is C13H16N2O3S. The number of hydrogen-bond donors (Lipinski definition) is 2. The molecule has 0 atom stereocenters. The number of aryl methyl sites for hydroxylation is 1. The number of benzene rings is 1. The third kappa shape index (κ3) is 2.16. The fraction of sp³-hybridized carbons (Fsp3) is 0.385. The summed E-state index contributed by atoms with van der Waals surface area (Å²) in [6.45, 7) is 0. The molecule has 3 rings (SSSR count). The summed E-state index contributed by atoms with van der Waals surface area (Å²) >= 11 is 0. The van der Waals surface area contributed by atoms with Gasteiger partial charge in [0.15, 0.2) is 0 Å². The van der Waals surface area contributed by atoms with Crippen molar-refractivity contribution >= 4 is 20.9 Å². The van der Waals surface area contributed by atoms with E-state index in [1.165, 1.54) is 0 Å². The van der Waals surface area contributed by atoms with Crippen molar-refractivity contribution in [2.75, 3.05) is 0 Å². The van der Waals surface area contributed by atoms with E-state index in [0.717, 1.165) is 10.9 Å². The van der Waals surface area contributed by atoms with Crippen molar-refractivity contribution in [3.8, 4) is 0 Å². The van der Waals surface area contributed by atoms with Gasteiger partial charge in [-0.05, 0) is 18.9 Å². The van der Waals surface area contributed by atoms with E-state index in [1.54, 1.807) is 16.8 Å². The summed E-state index contributed by atoms with van der Waals surface area (Å²) < 4.78 is 29.2. The number of rotatable bonds is 3. The first kappa shape index (κ1) is 12.7. The molecule has 1 aromatic carbocycles. The molecule has 0 unspecified atom stereocenters. The van der Waals surface area contributed by atoms with Crippen molar-refractivity contribution in [3.63, 3.8) is 0 Å². The largest absolute Gasteiger partial charge is 0.393 e. The van der Waals surface area contributed by atoms with Gasteiger partial charge in [0.1, 0.15) is 4.90 Å². The van der Waals surface area contributed by atoms with E-state index < -0.39 is 10.0 Å². The van der Waals surface area contributed by atoms with Gasteiger partial charge in [-0.25, -0.2) is 13.1 Å². The standard InChI is InChI=1S/C13H16N2O3S/c1-15-8-13(11-4-2-3-5-12(11)15)19(17,18)14-9-6-10(16)7-9/h2-5,8-10,14,16H,6-7H2,1H3. The summed E-state index contributed by atoms with van der Waals surface area (Å²) in [6.07, 6.45) is 2.23. The zero-order chi connectivity index (χ0) is 13.6. The van der Waals surface area contributed by atoms with E-state index in [9.17, 15) is 13.5 Å². The fourth-order valence-electron chi connectivity index (χ4n) is 2.49. The highest BCUT2D eigenvalue weighted by Crippen LogP contribution is 2.27. The van der Waals surface area contributed by atoms with Crippen molar-refractivity contribution in [2.24, 2.45) is 7.05 Å². The van der Waals surface area contributed by atoms with Crippen molar-refractivity contribution < 1.29 is 13.5 Å². The van der Waals surface area contributed by atoms with E-state index in [4.69, 9.17) is 0 Å². The molecule has 2 N–H and O–H groups in total. The maximum Gasteiger partial charge on any atom is 0.242 e. The number of sulfonamides is 1. The van der Waals surface area contributed by atoms with Gasteiger partial charge in [0.05, 0.1) is 6.10 Å². The van der Waals surface area contributed by atoms with Gasteiger partial charge in [0.25, 0.3) is 0 Å². The molecule has 0 bridgehead atoms. The number of para-hydroxylation sites is 1. The summed E-state index contributed by atoms with van der Waals surface area (Å²) in [4.78, 5) is 0.298. The molecule has 19 heavy (non-hydrogen) atoms. The lowest BCUT2D eigenvalue weighted by molar-refractivity contribution is 0.0712. The SMILES string of the molecule is Cn1cc(S(=O)(=O)NC2CC(O)C2)c2ccccc21. The summed E-state index contributed by atoms with van der Waals surface area (Å²) in [6, 6.07) is 7.25. The van der Waals surface area contributed by atoms with Crippen molar-refractivity contribution in [1.29, 1.82) is 0 Å². The number of aliphatic hydroxyl groups excluding tert-OH is 1. The van der Waals surface area contributed by atoms with Gasteiger partial charge in [0.2, 0.25) is 10.0 Å². The Kier molecular flexibility index (Phi) is 2.88. The van der Waals surface area contributed by atoms with Gasteiger partial charge in [-0.15, -0.1) is 0 Å². The van der Waals surface area contributed by atoms with Crippen LogP contribution in [0.4, 0.5) is 0 Å². The second-order valence-electron chi connectivity index (χ2n) is 5.06. The molecule has 1 saturated carbocycles. The van der Waals surface area contributed by atoms with Crippen LogP contribution in [0.3, 0.4) is 0 Å². The van der Waals surface area contributed by atoms with Crippen LogP contribution in [-0.4, -0.2) is 30.2 Å². The summed E-state index contributed by atoms with van der Waals surface area (Å²) in [5, 5.41) is 9.94. The van der Waals surface area contributed by atoms with E-state index in [2.05, 4.69) is 4.72 Å². The Balaban J connectivity index is 1.99. The summed E-state index contributed by atoms with van der Waals surface area (Å²) in [7, 11) is -1.70. The minimum Gasteiger partial charge on any atom is -0.393 e. The van der Waals surface area contributed by atoms with E-state index in [0.29, 0.717) is 17.7 Å². The zero-order valence-corrected chi connectivity index (χ0v) is 11.4. The van der Waals surface area contributed by atoms with Crippen molar-refractivity contribution in [1.82, 2.24) is 9.29 Å². The molecule has 0 radical (unpaired) electrons. The zero-order valence-electron chi connectivity index (χ0n) is 10.6. The Morgan fingerprint density at radius 2 is 2.00 bits per heavy atom. The predicted octanol–water partition coefficient (Wildman–Crippen LogP) is 0.980. The molecule has 2 aromatic rings. The first-order valence-electron chi connectivity index (χ1n) is 6.22. The van der Waals surface area contributed by atoms with Crippen LogP contribution in [0.15, 0.2) is 35.4 Å². The maximum absolute atomic E-state index is 12.4. The fourth-order valence-corrected chi connectivity index (χ4v) is 4.00. The minimum atomic E-state index is -3.53. The van der Waals surface area contributed by atoms with Crippen LogP contribution in [0.25, 0.3) is 10.9 Å². The van der Waals surface area contributed by atoms with E-state index in [1.807, 2.05) is 25.2 Å². The molecule has 1 aromatic heterocycles. The second kappa shape index (κ2) is 4.33. The Bertz CT molecular complexity index is 715. The van der Waals surface area contributed by atoms with Crippen LogP contribution in [0.5, 0.6) is 0 Å². The second-order valence-corrected chi connectivity index (χ2v) is 6.75. The van der Waals surface area contributed by atoms with Crippen LogP contribution in [-0.2, 0) is 17.1 Å². The number of hydrogen-bond acceptors (Lipinski definition) is 3. The first-order chi connectivity index (χ1) is 8.97. The molecule has 0 amide bonds. The molecule has 6 heteroatoms. The van der Waals surface area contributed by atoms with Crippen LogP contribution in [0.1, 0.15) is 12.8 Å². The van der Waals surface area contributed by atoms with Crippen LogP contribution in [0, 0.1) is 0 Å². The lowest BCUT2D eigenvalue weighted by Crippen LogP contribution is -2.46. The lowest BCUT2D eigenvalue weighted by Gasteiger charge is -2.31. The van der Waals surface area contributed by atoms with Crippen LogP contribution >= 0.6 is 0 Å². The van der Waals surface area contributed by atoms with E-state index >= 15 is 0 Å². The highest BCUT2D eigenvalue weighted by Gasteiger charge is 2.32. The van der Waals surface area contributed by atoms with E-state index in [-0.39, 0.29) is 12.1 Å². The lowest BCUT2D eigenvalue weighted by atomic mass is 9.91.